The van der Waals surface area contributed by atoms with Crippen molar-refractivity contribution >= 4 is 17.9 Å². The van der Waals surface area contributed by atoms with E-state index in [-0.39, 0.29) is 35.5 Å². The number of ether oxygens (including phenoxy) is 2. The van der Waals surface area contributed by atoms with Gasteiger partial charge in [0.25, 0.3) is 0 Å². The molecule has 3 amide bonds. The second-order valence-electron chi connectivity index (χ2n) is 15.3. The molecule has 3 aromatic heterocycles. The molecule has 57 heavy (non-hydrogen) atoms. The van der Waals surface area contributed by atoms with Crippen molar-refractivity contribution in [1.29, 1.82) is 0 Å². The number of carbonyl (C=O) groups excluding carboxylic acids is 3. The van der Waals surface area contributed by atoms with Crippen molar-refractivity contribution in [2.24, 2.45) is 17.8 Å². The van der Waals surface area contributed by atoms with Gasteiger partial charge in [0.2, 0.25) is 11.8 Å². The summed E-state index contributed by atoms with van der Waals surface area (Å²) >= 11 is 0. The van der Waals surface area contributed by atoms with E-state index in [1.807, 2.05) is 48.7 Å². The maximum Gasteiger partial charge on any atom is 0.407 e. The summed E-state index contributed by atoms with van der Waals surface area (Å²) in [4.78, 5) is 61.2. The van der Waals surface area contributed by atoms with Gasteiger partial charge in [0.15, 0.2) is 0 Å². The van der Waals surface area contributed by atoms with Crippen molar-refractivity contribution in [3.05, 3.63) is 102 Å². The summed E-state index contributed by atoms with van der Waals surface area (Å²) in [5.74, 6) is 1.52. The Hall–Kier alpha value is -5.89. The molecule has 0 radical (unpaired) electrons. The fourth-order valence-electron chi connectivity index (χ4n) is 9.12. The van der Waals surface area contributed by atoms with Gasteiger partial charge in [-0.1, -0.05) is 42.5 Å². The summed E-state index contributed by atoms with van der Waals surface area (Å²) in [7, 11) is 2.72. The maximum absolute atomic E-state index is 15.8. The largest absolute Gasteiger partial charge is 0.453 e. The van der Waals surface area contributed by atoms with Crippen molar-refractivity contribution in [1.82, 2.24) is 40.5 Å². The van der Waals surface area contributed by atoms with Gasteiger partial charge >= 0.3 is 6.09 Å². The van der Waals surface area contributed by atoms with Gasteiger partial charge in [0.05, 0.1) is 49.0 Å². The molecule has 3 aliphatic rings. The van der Waals surface area contributed by atoms with E-state index in [1.54, 1.807) is 36.5 Å². The number of benzene rings is 2. The highest BCUT2D eigenvalue weighted by molar-refractivity contribution is 5.87. The zero-order chi connectivity index (χ0) is 39.6. The Kier molecular flexibility index (Phi) is 10.9. The first-order valence-corrected chi connectivity index (χ1v) is 19.6. The molecule has 14 heteroatoms. The van der Waals surface area contributed by atoms with E-state index in [4.69, 9.17) is 14.5 Å². The van der Waals surface area contributed by atoms with E-state index in [0.717, 1.165) is 53.9 Å². The summed E-state index contributed by atoms with van der Waals surface area (Å²) in [5.41, 5.74) is 5.18. The maximum atomic E-state index is 15.8. The third-order valence-electron chi connectivity index (χ3n) is 12.1. The lowest BCUT2D eigenvalue weighted by Crippen LogP contribution is -2.54. The number of aromatic amines is 2. The van der Waals surface area contributed by atoms with Crippen molar-refractivity contribution < 1.29 is 28.2 Å². The first-order valence-electron chi connectivity index (χ1n) is 19.6. The lowest BCUT2D eigenvalue weighted by atomic mass is 9.78. The van der Waals surface area contributed by atoms with E-state index in [0.29, 0.717) is 54.0 Å². The third-order valence-corrected chi connectivity index (χ3v) is 12.1. The molecule has 5 aromatic rings. The van der Waals surface area contributed by atoms with Gasteiger partial charge < -0.3 is 35.0 Å². The normalized spacial score (nSPS) is 22.3. The van der Waals surface area contributed by atoms with E-state index in [9.17, 15) is 14.4 Å². The minimum Gasteiger partial charge on any atom is -0.453 e. The predicted molar refractivity (Wildman–Crippen MR) is 210 cm³/mol. The molecule has 3 unspecified atom stereocenters. The number of aromatic nitrogens is 5. The number of hydrogen-bond acceptors (Lipinski definition) is 8. The molecule has 4 N–H and O–H groups in total. The first-order chi connectivity index (χ1) is 27.7. The Morgan fingerprint density at radius 2 is 1.63 bits per heavy atom. The molecular formula is C43H47FN8O5. The number of hydrogen-bond donors (Lipinski definition) is 4. The van der Waals surface area contributed by atoms with Crippen LogP contribution in [0.3, 0.4) is 0 Å². The molecule has 296 valence electrons. The zero-order valence-corrected chi connectivity index (χ0v) is 32.2. The van der Waals surface area contributed by atoms with Crippen LogP contribution in [0.4, 0.5) is 9.18 Å². The highest BCUT2D eigenvalue weighted by Crippen LogP contribution is 2.56. The highest BCUT2D eigenvalue weighted by Gasteiger charge is 2.52. The van der Waals surface area contributed by atoms with Gasteiger partial charge in [0, 0.05) is 49.6 Å². The SMILES string of the molecule is COC(=O)N[C@H](C(=O)N1CCCC1c1ncc(-c2ccc(-c3ccc(-c4cnc([C@@H]5C6CCC(C6)[C@H]5C(=O)NCc5cccnc5)[nH]4)cc3)c(F)c2)[nH]1)[C@@H](C)OC. The fourth-order valence-corrected chi connectivity index (χ4v) is 9.12. The number of pyridine rings is 1. The number of fused-ring (bicyclic) bond motifs is 2. The van der Waals surface area contributed by atoms with E-state index in [2.05, 4.69) is 30.6 Å². The Balaban J connectivity index is 0.937. The van der Waals surface area contributed by atoms with Crippen LogP contribution in [0.15, 0.2) is 79.4 Å². The van der Waals surface area contributed by atoms with Gasteiger partial charge in [-0.05, 0) is 79.7 Å². The quantitative estimate of drug-likeness (QED) is 0.111. The molecule has 3 fully saturated rings. The molecule has 2 saturated carbocycles. The average Bonchev–Trinajstić information content (AvgIpc) is 4.10. The monoisotopic (exact) mass is 774 g/mol. The van der Waals surface area contributed by atoms with E-state index in [1.165, 1.54) is 20.3 Å². The number of carbonyl (C=O) groups is 3. The van der Waals surface area contributed by atoms with Crippen LogP contribution in [0, 0.1) is 23.6 Å². The number of nitrogens with one attached hydrogen (secondary N) is 4. The standard InChI is InChI=1S/C43H47FN8O5/c1-24(56-2)38(51-43(55)57-3)42(54)52-17-5-7-35(52)39-46-23-34(49-39)28-14-15-31(32(44)19-28)26-8-10-27(11-9-26)33-22-47-40(50-33)36-29-12-13-30(18-29)37(36)41(53)48-21-25-6-4-16-45-20-25/h4,6,8-11,14-16,19-20,22-24,29-30,35-38H,5,7,12-13,17-18,21H2,1-3H3,(H,46,49)(H,47,50)(H,48,53)(H,51,55)/t24-,29?,30?,35?,36-,37-,38+/m1/s1. The topological polar surface area (TPSA) is 167 Å². The van der Waals surface area contributed by atoms with Crippen LogP contribution in [0.1, 0.15) is 68.2 Å². The minimum atomic E-state index is -0.937. The fraction of sp³-hybridized carbons (Fsp3) is 0.395. The molecule has 2 aromatic carbocycles. The summed E-state index contributed by atoms with van der Waals surface area (Å²) in [6.07, 6.45) is 10.3. The number of imidazole rings is 2. The van der Waals surface area contributed by atoms with Gasteiger partial charge in [-0.2, -0.15) is 0 Å². The number of amides is 3. The number of rotatable bonds is 12. The van der Waals surface area contributed by atoms with E-state index >= 15 is 4.39 Å². The summed E-state index contributed by atoms with van der Waals surface area (Å²) in [5, 5.41) is 5.74. The van der Waals surface area contributed by atoms with Gasteiger partial charge in [-0.3, -0.25) is 14.6 Å². The lowest BCUT2D eigenvalue weighted by molar-refractivity contribution is -0.137. The average molecular weight is 775 g/mol. The molecule has 2 bridgehead atoms. The van der Waals surface area contributed by atoms with Gasteiger partial charge in [0.1, 0.15) is 23.5 Å². The number of halogens is 1. The molecule has 13 nitrogen and oxygen atoms in total. The second-order valence-corrected chi connectivity index (χ2v) is 15.3. The minimum absolute atomic E-state index is 0.0382. The first kappa shape index (κ1) is 38.0. The summed E-state index contributed by atoms with van der Waals surface area (Å²) in [6.45, 7) is 2.66. The van der Waals surface area contributed by atoms with Crippen molar-refractivity contribution in [3.8, 4) is 33.6 Å². The van der Waals surface area contributed by atoms with Crippen molar-refractivity contribution in [2.75, 3.05) is 20.8 Å². The molecular weight excluding hydrogens is 728 g/mol. The second kappa shape index (κ2) is 16.3. The smallest absolute Gasteiger partial charge is 0.407 e. The Bertz CT molecular complexity index is 2230. The number of alkyl carbamates (subject to hydrolysis) is 1. The molecule has 0 spiro atoms. The number of methoxy groups -OCH3 is 2. The molecule has 8 rings (SSSR count). The zero-order valence-electron chi connectivity index (χ0n) is 32.2. The molecule has 2 aliphatic carbocycles. The van der Waals surface area contributed by atoms with Crippen molar-refractivity contribution in [2.45, 2.75) is 69.7 Å². The van der Waals surface area contributed by atoms with Crippen LogP contribution in [0.2, 0.25) is 0 Å². The van der Waals surface area contributed by atoms with Crippen LogP contribution < -0.4 is 10.6 Å². The summed E-state index contributed by atoms with van der Waals surface area (Å²) in [6, 6.07) is 15.3. The summed E-state index contributed by atoms with van der Waals surface area (Å²) < 4.78 is 25.9. The van der Waals surface area contributed by atoms with E-state index < -0.39 is 18.2 Å². The van der Waals surface area contributed by atoms with Crippen LogP contribution in [0.25, 0.3) is 33.6 Å². The Morgan fingerprint density at radius 1 is 0.912 bits per heavy atom. The molecule has 1 aliphatic heterocycles. The number of likely N-dealkylation sites (tertiary alicyclic amines) is 1. The third kappa shape index (κ3) is 7.65. The Labute approximate surface area is 330 Å². The number of H-pyrrole nitrogens is 2. The molecule has 7 atom stereocenters. The number of nitrogens with zero attached hydrogens (tertiary/aromatic N) is 4. The molecule has 4 heterocycles. The highest BCUT2D eigenvalue weighted by atomic mass is 19.1. The molecule has 1 saturated heterocycles. The van der Waals surface area contributed by atoms with Crippen LogP contribution in [-0.2, 0) is 25.6 Å². The van der Waals surface area contributed by atoms with Crippen LogP contribution in [-0.4, -0.2) is 80.6 Å². The van der Waals surface area contributed by atoms with Crippen LogP contribution in [0.5, 0.6) is 0 Å². The van der Waals surface area contributed by atoms with Gasteiger partial charge in [-0.25, -0.2) is 19.2 Å². The van der Waals surface area contributed by atoms with Crippen LogP contribution >= 0.6 is 0 Å². The lowest BCUT2D eigenvalue weighted by Gasteiger charge is -2.30. The predicted octanol–water partition coefficient (Wildman–Crippen LogP) is 6.54. The van der Waals surface area contributed by atoms with Gasteiger partial charge in [-0.15, -0.1) is 0 Å². The Morgan fingerprint density at radius 3 is 2.37 bits per heavy atom. The van der Waals surface area contributed by atoms with Crippen molar-refractivity contribution in [3.63, 3.8) is 0 Å².